The molecule has 0 saturated carbocycles. The Hall–Kier alpha value is -13.8. The molecule has 3 atom stereocenters. The molecule has 9 N–H and O–H groups in total. The van der Waals surface area contributed by atoms with E-state index in [1.54, 1.807) is 116 Å². The molecule has 14 heterocycles. The minimum absolute atomic E-state index is 0.0559. The Labute approximate surface area is 568 Å². The molecular weight excluding hydrogens is 1300 g/mol. The zero-order valence-corrected chi connectivity index (χ0v) is 53.7. The molecule has 100 heavy (non-hydrogen) atoms. The Morgan fingerprint density at radius 3 is 1.12 bits per heavy atom. The molecule has 0 saturated heterocycles. The molecule has 17 aromatic rings. The van der Waals surface area contributed by atoms with Gasteiger partial charge in [-0.25, -0.2) is 38.8 Å². The number of ketones is 1. The lowest BCUT2D eigenvalue weighted by Crippen LogP contribution is -2.42. The number of carbonyl (C=O) groups is 3. The van der Waals surface area contributed by atoms with Crippen LogP contribution < -0.4 is 22.9 Å². The maximum Gasteiger partial charge on any atom is 0.336 e. The Morgan fingerprint density at radius 2 is 0.790 bits per heavy atom. The van der Waals surface area contributed by atoms with Crippen LogP contribution >= 0.6 is 11.6 Å². The van der Waals surface area contributed by atoms with Gasteiger partial charge < -0.3 is 41.3 Å². The molecule has 32 heteroatoms. The molecule has 17 rings (SSSR count). The van der Waals surface area contributed by atoms with Gasteiger partial charge in [0.05, 0.1) is 60.0 Å². The van der Waals surface area contributed by atoms with E-state index in [0.29, 0.717) is 107 Å². The molecule has 0 aliphatic heterocycles. The number of carboxylic acid groups (broad SMARTS) is 1. The normalized spacial score (nSPS) is 13.2. The van der Waals surface area contributed by atoms with E-state index in [2.05, 4.69) is 70.5 Å². The van der Waals surface area contributed by atoms with E-state index >= 15 is 0 Å². The average Bonchev–Trinajstić information content (AvgIpc) is 1.54. The first kappa shape index (κ1) is 63.5. The highest BCUT2D eigenvalue weighted by atomic mass is 35.5. The van der Waals surface area contributed by atoms with Crippen molar-refractivity contribution < 1.29 is 32.7 Å². The second-order valence-electron chi connectivity index (χ2n) is 22.8. The van der Waals surface area contributed by atoms with Gasteiger partial charge in [0, 0.05) is 18.1 Å². The molecule has 0 aliphatic rings. The Kier molecular flexibility index (Phi) is 16.3. The van der Waals surface area contributed by atoms with Gasteiger partial charge in [0.25, 0.3) is 5.24 Å². The predicted molar refractivity (Wildman–Crippen MR) is 366 cm³/mol. The number of fused-ring (bicyclic) bond motifs is 9. The zero-order chi connectivity index (χ0) is 69.5. The number of aliphatic carboxylic acids is 1. The van der Waals surface area contributed by atoms with Crippen molar-refractivity contribution in [1.29, 1.82) is 0 Å². The summed E-state index contributed by atoms with van der Waals surface area (Å²) < 4.78 is 24.8. The Morgan fingerprint density at radius 1 is 0.430 bits per heavy atom. The smallest absolute Gasteiger partial charge is 0.336 e. The second kappa shape index (κ2) is 25.7. The van der Waals surface area contributed by atoms with E-state index in [-0.39, 0.29) is 30.0 Å². The standard InChI is InChI=1S/C25H20N8O2.C19H14ClN7O2.C19H15N7O3.C5H6N2/c1-25(16-8-3-2-4-9-16,20(34)14-17-10-5-6-12-27-17)33-23-18(15-28-33)22-29-21(19-11-7-13-35-19)31-32(22)24(26)30-23;1-19(17(20)28,11-6-3-2-4-7-11)27-16-12(10-22-27)15-23-14(13-8-5-9-29-13)25-26(15)18(21)24-16;1-19(17(27)28,11-6-3-2-4-7-11)26-16-12(10-21-26)15-22-14(13-8-5-9-29-13)24-25(15)18(20)23-16;6-5-3-1-2-4-7-5/h2-13,15H,14H2,1H3,(H2,26,30);2-10H,1H3,(H2,21,24);2-10H,1H3,(H2,20,23)(H,27,28);1-4H,(H2,6,7). The number of nitrogen functional groups attached to an aromatic ring is 4. The van der Waals surface area contributed by atoms with Crippen molar-refractivity contribution in [1.82, 2.24) is 98.1 Å². The van der Waals surface area contributed by atoms with Crippen LogP contribution in [0.25, 0.3) is 84.8 Å². The predicted octanol–water partition coefficient (Wildman–Crippen LogP) is 8.96. The first-order valence-electron chi connectivity index (χ1n) is 30.5. The van der Waals surface area contributed by atoms with Crippen LogP contribution in [0.2, 0.25) is 0 Å². The van der Waals surface area contributed by atoms with Crippen LogP contribution in [0.4, 0.5) is 23.7 Å². The minimum Gasteiger partial charge on any atom is -0.479 e. The average molecular weight is 1360 g/mol. The van der Waals surface area contributed by atoms with E-state index < -0.39 is 27.8 Å². The molecule has 496 valence electrons. The van der Waals surface area contributed by atoms with Gasteiger partial charge in [-0.15, -0.1) is 15.3 Å². The molecule has 3 aromatic carbocycles. The molecule has 0 radical (unpaired) electrons. The number of furan rings is 3. The monoisotopic (exact) mass is 1350 g/mol. The van der Waals surface area contributed by atoms with Crippen molar-refractivity contribution in [3.8, 4) is 34.8 Å². The number of anilines is 4. The lowest BCUT2D eigenvalue weighted by Gasteiger charge is -2.29. The summed E-state index contributed by atoms with van der Waals surface area (Å²) in [6.45, 7) is 5.09. The molecule has 3 unspecified atom stereocenters. The highest BCUT2D eigenvalue weighted by Gasteiger charge is 2.43. The van der Waals surface area contributed by atoms with Crippen molar-refractivity contribution in [2.24, 2.45) is 0 Å². The fourth-order valence-corrected chi connectivity index (χ4v) is 11.5. The minimum atomic E-state index is -1.50. The zero-order valence-electron chi connectivity index (χ0n) is 52.9. The van der Waals surface area contributed by atoms with Gasteiger partial charge in [-0.2, -0.15) is 43.8 Å². The summed E-state index contributed by atoms with van der Waals surface area (Å²) in [5.41, 5.74) is 24.9. The van der Waals surface area contributed by atoms with Gasteiger partial charge in [-0.05, 0) is 110 Å². The molecule has 0 fully saturated rings. The molecule has 31 nitrogen and oxygen atoms in total. The molecule has 0 amide bonds. The highest BCUT2D eigenvalue weighted by molar-refractivity contribution is 6.65. The number of rotatable bonds is 14. The lowest BCUT2D eigenvalue weighted by molar-refractivity contribution is -0.144. The topological polar surface area (TPSA) is 423 Å². The summed E-state index contributed by atoms with van der Waals surface area (Å²) in [7, 11) is 0. The quantitative estimate of drug-likeness (QED) is 0.0634. The van der Waals surface area contributed by atoms with Gasteiger partial charge in [0.2, 0.25) is 35.3 Å². The summed E-state index contributed by atoms with van der Waals surface area (Å²) in [6.07, 6.45) is 12.8. The van der Waals surface area contributed by atoms with Crippen LogP contribution in [0.15, 0.2) is 227 Å². The van der Waals surface area contributed by atoms with E-state index in [0.717, 1.165) is 5.56 Å². The van der Waals surface area contributed by atoms with Crippen molar-refractivity contribution in [2.75, 3.05) is 22.9 Å². The SMILES string of the molecule is CC(C(=O)Cc1ccccn1)(c1ccccc1)n1ncc2c1nc(N)n1nc(-c3ccco3)nc21.CC(C(=O)Cl)(c1ccccc1)n1ncc2c1nc(N)n1nc(-c3ccco3)nc21.CC(C(=O)O)(c1ccccc1)n1ncc2c1nc(N)n1nc(-c3ccco3)nc21.Nc1ccccn1. The van der Waals surface area contributed by atoms with Crippen LogP contribution in [-0.4, -0.2) is 120 Å². The van der Waals surface area contributed by atoms with E-state index in [1.807, 2.05) is 104 Å². The molecule has 0 bridgehead atoms. The van der Waals surface area contributed by atoms with Crippen molar-refractivity contribution in [2.45, 2.75) is 43.8 Å². The van der Waals surface area contributed by atoms with Crippen molar-refractivity contribution in [3.63, 3.8) is 0 Å². The summed E-state index contributed by atoms with van der Waals surface area (Å²) in [4.78, 5) is 73.8. The third-order valence-corrected chi connectivity index (χ3v) is 17.1. The van der Waals surface area contributed by atoms with Crippen LogP contribution in [0.5, 0.6) is 0 Å². The Balaban J connectivity index is 0.000000122. The van der Waals surface area contributed by atoms with Gasteiger partial charge in [0.1, 0.15) is 11.4 Å². The molecule has 14 aromatic heterocycles. The van der Waals surface area contributed by atoms with E-state index in [9.17, 15) is 19.5 Å². The number of hydrogen-bond donors (Lipinski definition) is 5. The van der Waals surface area contributed by atoms with Gasteiger partial charge in [0.15, 0.2) is 68.0 Å². The fourth-order valence-electron chi connectivity index (χ4n) is 11.3. The summed E-state index contributed by atoms with van der Waals surface area (Å²) in [5.74, 6) is 2.24. The number of Topliss-reactive ketones (excluding diaryl/α,β-unsaturated/α-hetero) is 1. The first-order chi connectivity index (χ1) is 48.4. The number of nitrogens with two attached hydrogens (primary N) is 4. The van der Waals surface area contributed by atoms with Crippen LogP contribution in [-0.2, 0) is 37.4 Å². The van der Waals surface area contributed by atoms with Crippen molar-refractivity contribution in [3.05, 3.63) is 236 Å². The van der Waals surface area contributed by atoms with E-state index in [1.165, 1.54) is 41.6 Å². The third-order valence-electron chi connectivity index (χ3n) is 16.7. The number of benzene rings is 3. The number of carboxylic acids is 1. The van der Waals surface area contributed by atoms with Crippen LogP contribution in [0.1, 0.15) is 43.2 Å². The number of carbonyl (C=O) groups excluding carboxylic acids is 2. The largest absolute Gasteiger partial charge is 0.479 e. The molecule has 0 spiro atoms. The van der Waals surface area contributed by atoms with Crippen LogP contribution in [0.3, 0.4) is 0 Å². The number of nitrogens with zero attached hydrogens (tertiary/aromatic N) is 20. The maximum absolute atomic E-state index is 13.9. The summed E-state index contributed by atoms with van der Waals surface area (Å²) in [6, 6.07) is 48.9. The highest BCUT2D eigenvalue weighted by Crippen LogP contribution is 2.37. The maximum atomic E-state index is 13.9. The fraction of sp³-hybridized carbons (Fsp3) is 0.103. The number of pyridine rings is 2. The second-order valence-corrected chi connectivity index (χ2v) is 23.1. The molecular formula is C68H55ClN24O7. The van der Waals surface area contributed by atoms with Gasteiger partial charge >= 0.3 is 5.97 Å². The Bertz CT molecular complexity index is 5580. The van der Waals surface area contributed by atoms with Crippen molar-refractivity contribution >= 4 is 102 Å². The summed E-state index contributed by atoms with van der Waals surface area (Å²) in [5, 5.41) is 37.7. The van der Waals surface area contributed by atoms with Crippen LogP contribution in [0, 0.1) is 0 Å². The molecule has 0 aliphatic carbocycles. The van der Waals surface area contributed by atoms with Gasteiger partial charge in [-0.3, -0.25) is 14.6 Å². The van der Waals surface area contributed by atoms with Gasteiger partial charge in [-0.1, -0.05) is 103 Å². The lowest BCUT2D eigenvalue weighted by atomic mass is 9.85. The first-order valence-corrected chi connectivity index (χ1v) is 30.9. The third kappa shape index (κ3) is 11.2. The number of halogens is 1. The number of hydrogen-bond acceptors (Lipinski definition) is 24. The summed E-state index contributed by atoms with van der Waals surface area (Å²) >= 11 is 6.04. The number of aromatic nitrogens is 20. The van der Waals surface area contributed by atoms with E-state index in [4.69, 9.17) is 47.8 Å².